The number of carbonyl (C=O) groups is 1. The predicted octanol–water partition coefficient (Wildman–Crippen LogP) is 2.36. The van der Waals surface area contributed by atoms with Crippen molar-refractivity contribution in [2.75, 3.05) is 0 Å². The van der Waals surface area contributed by atoms with Crippen LogP contribution in [0, 0.1) is 5.92 Å². The van der Waals surface area contributed by atoms with Gasteiger partial charge in [0.05, 0.1) is 17.6 Å². The Hall–Kier alpha value is -2.05. The molecule has 0 spiro atoms. The number of hydrogen-bond acceptors (Lipinski definition) is 4. The number of rotatable bonds is 3. The summed E-state index contributed by atoms with van der Waals surface area (Å²) in [6, 6.07) is 6.93. The first-order valence-corrected chi connectivity index (χ1v) is 8.56. The third-order valence-electron chi connectivity index (χ3n) is 4.58. The number of esters is 1. The minimum atomic E-state index is -1.37. The van der Waals surface area contributed by atoms with Gasteiger partial charge in [0.25, 0.3) is 5.56 Å². The molecule has 0 saturated carbocycles. The molecule has 1 aliphatic rings. The van der Waals surface area contributed by atoms with Crippen LogP contribution in [0.2, 0.25) is 5.02 Å². The molecule has 25 heavy (non-hydrogen) atoms. The zero-order valence-corrected chi connectivity index (χ0v) is 15.1. The molecule has 2 aromatic rings. The van der Waals surface area contributed by atoms with E-state index in [9.17, 15) is 14.7 Å². The number of fused-ring (bicyclic) bond motifs is 1. The third-order valence-corrected chi connectivity index (χ3v) is 4.83. The summed E-state index contributed by atoms with van der Waals surface area (Å²) in [5.41, 5.74) is 0.117. The molecule has 3 rings (SSSR count). The summed E-state index contributed by atoms with van der Waals surface area (Å²) in [5.74, 6) is -2.05. The van der Waals surface area contributed by atoms with Crippen LogP contribution in [0.15, 0.2) is 29.1 Å². The van der Waals surface area contributed by atoms with E-state index in [0.29, 0.717) is 16.3 Å². The average molecular weight is 365 g/mol. The summed E-state index contributed by atoms with van der Waals surface area (Å²) in [5, 5.41) is 16.9. The van der Waals surface area contributed by atoms with Crippen molar-refractivity contribution < 1.29 is 14.6 Å². The van der Waals surface area contributed by atoms with Crippen molar-refractivity contribution in [1.82, 2.24) is 10.2 Å². The molecule has 3 atom stereocenters. The molecular formula is C18H21ClN2O4. The lowest BCUT2D eigenvalue weighted by Gasteiger charge is -2.40. The Morgan fingerprint density at radius 2 is 1.96 bits per heavy atom. The summed E-state index contributed by atoms with van der Waals surface area (Å²) in [4.78, 5) is 25.2. The second-order valence-corrected chi connectivity index (χ2v) is 7.43. The number of benzene rings is 1. The van der Waals surface area contributed by atoms with E-state index in [1.54, 1.807) is 45.0 Å². The van der Waals surface area contributed by atoms with Crippen LogP contribution in [0.3, 0.4) is 0 Å². The van der Waals surface area contributed by atoms with Gasteiger partial charge in [-0.1, -0.05) is 23.7 Å². The fourth-order valence-corrected chi connectivity index (χ4v) is 3.72. The monoisotopic (exact) mass is 364 g/mol. The number of halogens is 1. The molecule has 0 fully saturated rings. The Morgan fingerprint density at radius 1 is 1.32 bits per heavy atom. The molecule has 0 saturated heterocycles. The van der Waals surface area contributed by atoms with Crippen molar-refractivity contribution >= 4 is 17.6 Å². The Balaban J connectivity index is 2.18. The van der Waals surface area contributed by atoms with Crippen LogP contribution in [0.5, 0.6) is 0 Å². The first-order valence-electron chi connectivity index (χ1n) is 8.18. The van der Waals surface area contributed by atoms with Crippen molar-refractivity contribution in [2.45, 2.75) is 44.8 Å². The molecule has 3 N–H and O–H groups in total. The van der Waals surface area contributed by atoms with Crippen LogP contribution in [-0.4, -0.2) is 33.0 Å². The van der Waals surface area contributed by atoms with Crippen LogP contribution < -0.4 is 5.56 Å². The summed E-state index contributed by atoms with van der Waals surface area (Å²) < 4.78 is 5.38. The van der Waals surface area contributed by atoms with E-state index in [1.807, 2.05) is 0 Å². The quantitative estimate of drug-likeness (QED) is 0.728. The molecule has 0 radical (unpaired) electrons. The van der Waals surface area contributed by atoms with Gasteiger partial charge in [0.1, 0.15) is 0 Å². The Kier molecular flexibility index (Phi) is 4.51. The van der Waals surface area contributed by atoms with Gasteiger partial charge in [-0.15, -0.1) is 0 Å². The summed E-state index contributed by atoms with van der Waals surface area (Å²) >= 11 is 5.97. The molecule has 1 heterocycles. The molecule has 0 bridgehead atoms. The van der Waals surface area contributed by atoms with E-state index < -0.39 is 23.4 Å². The van der Waals surface area contributed by atoms with Gasteiger partial charge in [0.15, 0.2) is 0 Å². The van der Waals surface area contributed by atoms with E-state index in [0.717, 1.165) is 5.56 Å². The zero-order valence-electron chi connectivity index (χ0n) is 14.3. The van der Waals surface area contributed by atoms with Crippen LogP contribution in [-0.2, 0) is 16.0 Å². The van der Waals surface area contributed by atoms with Crippen LogP contribution >= 0.6 is 11.6 Å². The number of H-pyrrole nitrogens is 2. The number of aromatic amines is 2. The van der Waals surface area contributed by atoms with E-state index >= 15 is 0 Å². The van der Waals surface area contributed by atoms with Gasteiger partial charge in [-0.05, 0) is 38.5 Å². The van der Waals surface area contributed by atoms with Gasteiger partial charge < -0.3 is 14.9 Å². The molecule has 134 valence electrons. The smallest absolute Gasteiger partial charge is 0.313 e. The molecule has 6 nitrogen and oxygen atoms in total. The van der Waals surface area contributed by atoms with Gasteiger partial charge in [-0.2, -0.15) is 0 Å². The minimum absolute atomic E-state index is 0.156. The fourth-order valence-electron chi connectivity index (χ4n) is 3.59. The highest BCUT2D eigenvalue weighted by molar-refractivity contribution is 6.30. The normalized spacial score (nSPS) is 25.7. The number of ether oxygens (including phenoxy) is 1. The number of aliphatic hydroxyl groups is 1. The fraction of sp³-hybridized carbons (Fsp3) is 0.444. The Morgan fingerprint density at radius 3 is 2.56 bits per heavy atom. The zero-order chi connectivity index (χ0) is 18.4. The number of hydrogen-bond donors (Lipinski definition) is 3. The van der Waals surface area contributed by atoms with Crippen molar-refractivity contribution in [1.29, 1.82) is 0 Å². The molecular weight excluding hydrogens is 344 g/mol. The SMILES string of the molecule is CC(C)OC(=O)[C@@H]1[C@H](c2ccc(Cl)cc2)c2c([nH][nH]c2=O)C[C@@]1(C)O. The predicted molar refractivity (Wildman–Crippen MR) is 93.8 cm³/mol. The van der Waals surface area contributed by atoms with Crippen molar-refractivity contribution in [3.8, 4) is 0 Å². The van der Waals surface area contributed by atoms with Gasteiger partial charge in [-0.3, -0.25) is 14.7 Å². The molecule has 0 aliphatic heterocycles. The maximum atomic E-state index is 12.8. The highest BCUT2D eigenvalue weighted by Crippen LogP contribution is 2.44. The van der Waals surface area contributed by atoms with E-state index in [-0.39, 0.29) is 18.1 Å². The Labute approximate surface area is 150 Å². The van der Waals surface area contributed by atoms with E-state index in [4.69, 9.17) is 16.3 Å². The third kappa shape index (κ3) is 3.24. The summed E-state index contributed by atoms with van der Waals surface area (Å²) in [7, 11) is 0. The number of carbonyl (C=O) groups excluding carboxylic acids is 1. The molecule has 0 amide bonds. The lowest BCUT2D eigenvalue weighted by Crippen LogP contribution is -2.50. The van der Waals surface area contributed by atoms with E-state index in [2.05, 4.69) is 10.2 Å². The standard InChI is InChI=1S/C18H21ClN2O4/c1-9(2)25-17(23)15-13(10-4-6-11(19)7-5-10)14-12(8-18(15,3)24)20-21-16(14)22/h4-7,9,13,15,24H,8H2,1-3H3,(H2,20,21,22)/t13-,15+,18-/m1/s1. The lowest BCUT2D eigenvalue weighted by atomic mass is 9.66. The van der Waals surface area contributed by atoms with E-state index in [1.165, 1.54) is 0 Å². The summed E-state index contributed by atoms with van der Waals surface area (Å²) in [6.45, 7) is 5.10. The molecule has 1 aromatic heterocycles. The van der Waals surface area contributed by atoms with Crippen molar-refractivity contribution in [3.63, 3.8) is 0 Å². The maximum Gasteiger partial charge on any atom is 0.313 e. The largest absolute Gasteiger partial charge is 0.463 e. The number of nitrogens with one attached hydrogen (secondary N) is 2. The first kappa shape index (κ1) is 17.8. The molecule has 1 aromatic carbocycles. The minimum Gasteiger partial charge on any atom is -0.463 e. The second-order valence-electron chi connectivity index (χ2n) is 7.00. The van der Waals surface area contributed by atoms with Crippen molar-refractivity contribution in [3.05, 3.63) is 56.5 Å². The van der Waals surface area contributed by atoms with Gasteiger partial charge in [0, 0.05) is 28.6 Å². The van der Waals surface area contributed by atoms with Crippen LogP contribution in [0.4, 0.5) is 0 Å². The molecule has 7 heteroatoms. The van der Waals surface area contributed by atoms with Crippen LogP contribution in [0.25, 0.3) is 0 Å². The lowest BCUT2D eigenvalue weighted by molar-refractivity contribution is -0.163. The highest BCUT2D eigenvalue weighted by Gasteiger charge is 2.51. The van der Waals surface area contributed by atoms with Gasteiger partial charge in [-0.25, -0.2) is 0 Å². The second kappa shape index (κ2) is 6.35. The molecule has 0 unspecified atom stereocenters. The number of aromatic nitrogens is 2. The van der Waals surface area contributed by atoms with Gasteiger partial charge >= 0.3 is 5.97 Å². The first-order chi connectivity index (χ1) is 11.7. The topological polar surface area (TPSA) is 95.2 Å². The molecule has 1 aliphatic carbocycles. The summed E-state index contributed by atoms with van der Waals surface area (Å²) in [6.07, 6.45) is -0.164. The Bertz CT molecular complexity index is 836. The van der Waals surface area contributed by atoms with Crippen molar-refractivity contribution in [2.24, 2.45) is 5.92 Å². The average Bonchev–Trinajstić information content (AvgIpc) is 2.85. The maximum absolute atomic E-state index is 12.8. The van der Waals surface area contributed by atoms with Crippen LogP contribution in [0.1, 0.15) is 43.5 Å². The highest BCUT2D eigenvalue weighted by atomic mass is 35.5. The van der Waals surface area contributed by atoms with Gasteiger partial charge in [0.2, 0.25) is 0 Å².